The maximum absolute atomic E-state index is 15.1. The molecule has 2 aromatic rings. The monoisotopic (exact) mass is 963 g/mol. The number of nitrogens with one attached hydrogen (secondary N) is 3. The summed E-state index contributed by atoms with van der Waals surface area (Å²) >= 11 is 0. The number of benzene rings is 1. The lowest BCUT2D eigenvalue weighted by molar-refractivity contribution is -0.146. The Morgan fingerprint density at radius 3 is 2.46 bits per heavy atom. The number of sulfonamides is 1. The van der Waals surface area contributed by atoms with Crippen molar-refractivity contribution in [2.75, 3.05) is 46.0 Å². The predicted molar refractivity (Wildman–Crippen MR) is 258 cm³/mol. The Balaban J connectivity index is 1.10. The van der Waals surface area contributed by atoms with Gasteiger partial charge in [0, 0.05) is 44.0 Å². The molecule has 17 heteroatoms. The second kappa shape index (κ2) is 21.3. The molecule has 4 aliphatic carbocycles. The molecule has 1 aromatic heterocycles. The van der Waals surface area contributed by atoms with Gasteiger partial charge in [0.2, 0.25) is 27.7 Å². The highest BCUT2D eigenvalue weighted by Gasteiger charge is 2.58. The highest BCUT2D eigenvalue weighted by atomic mass is 32.2. The van der Waals surface area contributed by atoms with Crippen LogP contribution in [0.3, 0.4) is 0 Å². The van der Waals surface area contributed by atoms with E-state index in [0.717, 1.165) is 101 Å². The number of carboxylic acid groups (broad SMARTS) is 1. The zero-order valence-corrected chi connectivity index (χ0v) is 41.1. The first-order valence-corrected chi connectivity index (χ1v) is 27.0. The van der Waals surface area contributed by atoms with Gasteiger partial charge in [0.25, 0.3) is 5.91 Å². The molecular formula is C51H74N6O10S. The Kier molecular flexibility index (Phi) is 15.6. The zero-order chi connectivity index (χ0) is 48.1. The number of ether oxygens (including phenoxy) is 3. The quantitative estimate of drug-likeness (QED) is 0.0724. The van der Waals surface area contributed by atoms with Crippen molar-refractivity contribution in [3.8, 4) is 11.6 Å². The largest absolute Gasteiger partial charge is 0.492 e. The second-order valence-corrected chi connectivity index (χ2v) is 23.3. The number of carbonyl (C=O) groups is 4. The van der Waals surface area contributed by atoms with E-state index in [1.165, 1.54) is 24.2 Å². The molecule has 0 radical (unpaired) electrons. The van der Waals surface area contributed by atoms with Crippen molar-refractivity contribution in [2.24, 2.45) is 17.3 Å². The number of carbonyl (C=O) groups excluding carboxylic acids is 3. The summed E-state index contributed by atoms with van der Waals surface area (Å²) in [6.07, 6.45) is 14.2. The summed E-state index contributed by atoms with van der Waals surface area (Å²) in [6, 6.07) is 5.47. The van der Waals surface area contributed by atoms with Crippen molar-refractivity contribution in [3.05, 3.63) is 42.5 Å². The molecule has 1 aromatic carbocycles. The maximum Gasteiger partial charge on any atom is 0.405 e. The lowest BCUT2D eigenvalue weighted by Gasteiger charge is -2.48. The summed E-state index contributed by atoms with van der Waals surface area (Å²) in [5.41, 5.74) is -0.837. The molecule has 8 rings (SSSR count). The number of pyridine rings is 1. The first-order chi connectivity index (χ1) is 32.6. The molecule has 5 atom stereocenters. The summed E-state index contributed by atoms with van der Waals surface area (Å²) < 4.78 is 47.3. The summed E-state index contributed by atoms with van der Waals surface area (Å²) in [6.45, 7) is 12.1. The van der Waals surface area contributed by atoms with E-state index < -0.39 is 73.6 Å². The molecule has 6 aliphatic rings. The van der Waals surface area contributed by atoms with Crippen molar-refractivity contribution in [1.82, 2.24) is 30.1 Å². The Hall–Kier alpha value is -4.48. The number of nitrogens with zero attached hydrogens (tertiary/aromatic N) is 3. The minimum absolute atomic E-state index is 0.00593. The second-order valence-electron chi connectivity index (χ2n) is 21.1. The van der Waals surface area contributed by atoms with Crippen LogP contribution in [0.15, 0.2) is 36.9 Å². The van der Waals surface area contributed by atoms with Crippen molar-refractivity contribution in [1.29, 1.82) is 0 Å². The molecule has 0 spiro atoms. The van der Waals surface area contributed by atoms with Gasteiger partial charge < -0.3 is 39.8 Å². The molecule has 6 fully saturated rings. The fraction of sp³-hybridized carbons (Fsp3) is 0.706. The maximum atomic E-state index is 15.1. The fourth-order valence-corrected chi connectivity index (χ4v) is 12.3. The molecule has 3 heterocycles. The Bertz CT molecular complexity index is 2270. The topological polar surface area (TPSA) is 206 Å². The Morgan fingerprint density at radius 2 is 1.75 bits per heavy atom. The van der Waals surface area contributed by atoms with Crippen LogP contribution in [-0.4, -0.2) is 127 Å². The van der Waals surface area contributed by atoms with Crippen LogP contribution in [0.5, 0.6) is 11.6 Å². The van der Waals surface area contributed by atoms with E-state index in [2.05, 4.69) is 26.8 Å². The van der Waals surface area contributed by atoms with E-state index in [4.69, 9.17) is 19.2 Å². The molecule has 4 N–H and O–H groups in total. The van der Waals surface area contributed by atoms with E-state index in [-0.39, 0.29) is 19.4 Å². The first kappa shape index (κ1) is 49.9. The Labute approximate surface area is 402 Å². The molecule has 5 unspecified atom stereocenters. The lowest BCUT2D eigenvalue weighted by Crippen LogP contribution is -2.70. The van der Waals surface area contributed by atoms with Gasteiger partial charge in [-0.1, -0.05) is 76.5 Å². The molecule has 4 saturated carbocycles. The third-order valence-electron chi connectivity index (χ3n) is 16.0. The molecule has 374 valence electrons. The summed E-state index contributed by atoms with van der Waals surface area (Å²) in [5.74, 6) is -0.706. The number of likely N-dealkylation sites (tertiary alicyclic amines) is 1. The average Bonchev–Trinajstić information content (AvgIpc) is 4.25. The molecule has 68 heavy (non-hydrogen) atoms. The van der Waals surface area contributed by atoms with Gasteiger partial charge in [-0.3, -0.25) is 19.1 Å². The number of unbranched alkanes of at least 4 members (excludes halogenated alkanes) is 2. The van der Waals surface area contributed by atoms with Gasteiger partial charge in [0.1, 0.15) is 29.5 Å². The van der Waals surface area contributed by atoms with Crippen molar-refractivity contribution in [2.45, 2.75) is 164 Å². The van der Waals surface area contributed by atoms with Crippen LogP contribution in [0.4, 0.5) is 4.79 Å². The molecule has 2 saturated heterocycles. The number of hydrogen-bond donors (Lipinski definition) is 4. The fourth-order valence-electron chi connectivity index (χ4n) is 11.0. The standard InChI is InChI=1S/C51H74N6O10S/c1-4-36-21-24-51(36,47(60)55-68(63,64)50(3)25-26-50)54-44(58)41-33-37(34-57(41)46(59)43(53-48(61)62)49(2)22-11-6-12-23-49)67-45-39(17-8-5-7-15-35-19-20-35)42(38-16-9-10-18-40(38)52-45)66-31-14-28-56-27-13-30-65-32-29-56/h4,9-10,16,18,35-37,41,43,53H,1,5-8,11-15,17,19-34H2,2-3H3,(H,54,58)(H,55,60)(H,61,62). The van der Waals surface area contributed by atoms with Crippen LogP contribution in [0.1, 0.15) is 135 Å². The van der Waals surface area contributed by atoms with Crippen LogP contribution < -0.4 is 24.8 Å². The zero-order valence-electron chi connectivity index (χ0n) is 40.2. The number of amides is 4. The minimum Gasteiger partial charge on any atom is -0.492 e. The molecule has 2 aliphatic heterocycles. The third kappa shape index (κ3) is 11.3. The van der Waals surface area contributed by atoms with Crippen molar-refractivity contribution >= 4 is 44.7 Å². The van der Waals surface area contributed by atoms with E-state index >= 15 is 4.79 Å². The van der Waals surface area contributed by atoms with Crippen LogP contribution in [0, 0.1) is 17.3 Å². The SMILES string of the molecule is C=CC1CCC1(NC(=O)C1CC(Oc2nc3ccccc3c(OCCCN3CCCOCC3)c2CCCCCC2CC2)CN1C(=O)C(NC(=O)O)C1(C)CCCCC1)C(=O)NS(=O)(=O)C1(C)CC1. The smallest absolute Gasteiger partial charge is 0.405 e. The van der Waals surface area contributed by atoms with E-state index in [1.54, 1.807) is 13.0 Å². The molecular weight excluding hydrogens is 889 g/mol. The summed E-state index contributed by atoms with van der Waals surface area (Å²) in [4.78, 5) is 65.5. The van der Waals surface area contributed by atoms with Gasteiger partial charge in [-0.15, -0.1) is 6.58 Å². The minimum atomic E-state index is -4.05. The summed E-state index contributed by atoms with van der Waals surface area (Å²) in [7, 11) is -4.05. The highest BCUT2D eigenvalue weighted by molar-refractivity contribution is 7.91. The number of fused-ring (bicyclic) bond motifs is 1. The predicted octanol–water partition coefficient (Wildman–Crippen LogP) is 6.64. The molecule has 4 amide bonds. The van der Waals surface area contributed by atoms with Crippen LogP contribution in [-0.2, 0) is 35.6 Å². The number of rotatable bonds is 22. The van der Waals surface area contributed by atoms with Gasteiger partial charge >= 0.3 is 6.09 Å². The average molecular weight is 963 g/mol. The van der Waals surface area contributed by atoms with Gasteiger partial charge in [0.05, 0.1) is 35.6 Å². The Morgan fingerprint density at radius 1 is 0.971 bits per heavy atom. The van der Waals surface area contributed by atoms with Crippen LogP contribution >= 0.6 is 0 Å². The number of hydrogen-bond acceptors (Lipinski definition) is 11. The van der Waals surface area contributed by atoms with Crippen LogP contribution in [0.25, 0.3) is 10.9 Å². The molecule has 16 nitrogen and oxygen atoms in total. The normalized spacial score (nSPS) is 26.1. The van der Waals surface area contributed by atoms with Gasteiger partial charge in [-0.25, -0.2) is 18.2 Å². The number of para-hydroxylation sites is 1. The van der Waals surface area contributed by atoms with Gasteiger partial charge in [-0.2, -0.15) is 0 Å². The number of aromatic nitrogens is 1. The molecule has 0 bridgehead atoms. The first-order valence-electron chi connectivity index (χ1n) is 25.5. The van der Waals surface area contributed by atoms with Crippen LogP contribution in [0.2, 0.25) is 0 Å². The lowest BCUT2D eigenvalue weighted by atomic mass is 9.66. The third-order valence-corrected chi connectivity index (χ3v) is 18.2. The van der Waals surface area contributed by atoms with E-state index in [9.17, 15) is 27.9 Å². The van der Waals surface area contributed by atoms with E-state index in [0.29, 0.717) is 62.3 Å². The summed E-state index contributed by atoms with van der Waals surface area (Å²) in [5, 5.41) is 16.5. The highest BCUT2D eigenvalue weighted by Crippen LogP contribution is 2.46. The van der Waals surface area contributed by atoms with E-state index in [1.807, 2.05) is 31.2 Å². The van der Waals surface area contributed by atoms with Crippen molar-refractivity contribution < 1.29 is 46.9 Å². The van der Waals surface area contributed by atoms with Gasteiger partial charge in [-0.05, 0) is 94.6 Å². The van der Waals surface area contributed by atoms with Crippen molar-refractivity contribution in [3.63, 3.8) is 0 Å². The van der Waals surface area contributed by atoms with Gasteiger partial charge in [0.15, 0.2) is 0 Å².